The topological polar surface area (TPSA) is 0 Å². The molecule has 2 aromatic rings. The third-order valence-electron chi connectivity index (χ3n) is 1.84. The monoisotopic (exact) mass is 207 g/mol. The molecule has 1 aromatic heterocycles. The predicted molar refractivity (Wildman–Crippen MR) is 61.7 cm³/mol. The second-order valence-corrected chi connectivity index (χ2v) is 4.96. The summed E-state index contributed by atoms with van der Waals surface area (Å²) in [6.45, 7) is 2.21. The first-order valence-corrected chi connectivity index (χ1v) is 6.23. The van der Waals surface area contributed by atoms with Crippen LogP contribution in [0.3, 0.4) is 0 Å². The van der Waals surface area contributed by atoms with Gasteiger partial charge in [0, 0.05) is 15.0 Å². The molecule has 13 heavy (non-hydrogen) atoms. The molecule has 0 aliphatic carbocycles. The van der Waals surface area contributed by atoms with Crippen LogP contribution in [0.5, 0.6) is 0 Å². The van der Waals surface area contributed by atoms with E-state index in [-0.39, 0.29) is 0 Å². The first-order valence-electron chi connectivity index (χ1n) is 4.42. The zero-order valence-electron chi connectivity index (χ0n) is 7.54. The molecule has 0 aliphatic rings. The lowest BCUT2D eigenvalue weighted by Gasteiger charge is -1.98. The van der Waals surface area contributed by atoms with Gasteiger partial charge in [-0.2, -0.15) is 0 Å². The summed E-state index contributed by atoms with van der Waals surface area (Å²) in [5.41, 5.74) is 0. The lowest BCUT2D eigenvalue weighted by Crippen LogP contribution is -1.74. The van der Waals surface area contributed by atoms with Gasteiger partial charge in [0.15, 0.2) is 0 Å². The van der Waals surface area contributed by atoms with Gasteiger partial charge in [0.1, 0.15) is 0 Å². The molecule has 0 unspecified atom stereocenters. The van der Waals surface area contributed by atoms with Gasteiger partial charge >= 0.3 is 0 Å². The van der Waals surface area contributed by atoms with Gasteiger partial charge in [0.2, 0.25) is 0 Å². The van der Waals surface area contributed by atoms with Gasteiger partial charge in [-0.05, 0) is 35.8 Å². The van der Waals surface area contributed by atoms with Crippen molar-refractivity contribution < 1.29 is 0 Å². The Balaban J connectivity index is 2.26. The second kappa shape index (κ2) is 4.16. The van der Waals surface area contributed by atoms with E-state index in [1.165, 1.54) is 27.2 Å². The molecule has 2 heteroatoms. The lowest BCUT2D eigenvalue weighted by atomic mass is 10.3. The molecule has 0 spiro atoms. The molecule has 1 heterocycles. The predicted octanol–water partition coefficient (Wildman–Crippen LogP) is 4.20. The van der Waals surface area contributed by atoms with Crippen LogP contribution in [0.2, 0.25) is 0 Å². The highest BCUT2D eigenvalue weighted by Gasteiger charge is 1.97. The number of benzene rings is 1. The van der Waals surface area contributed by atoms with Gasteiger partial charge in [0.25, 0.3) is 0 Å². The third-order valence-corrected chi connectivity index (χ3v) is 3.85. The number of hydrogen-bond donors (Lipinski definition) is 0. The molecular formula is C11H11S2. The molecule has 0 aliphatic heterocycles. The molecule has 2 rings (SSSR count). The number of fused-ring (bicyclic) bond motifs is 1. The van der Waals surface area contributed by atoms with Crippen LogP contribution in [-0.4, -0.2) is 5.75 Å². The van der Waals surface area contributed by atoms with Crippen molar-refractivity contribution in [2.24, 2.45) is 0 Å². The van der Waals surface area contributed by atoms with E-state index in [2.05, 4.69) is 30.5 Å². The fourth-order valence-electron chi connectivity index (χ4n) is 1.19. The summed E-state index contributed by atoms with van der Waals surface area (Å²) in [6.07, 6.45) is 1.24. The van der Waals surface area contributed by atoms with Gasteiger partial charge in [-0.25, -0.2) is 0 Å². The Kier molecular flexibility index (Phi) is 2.91. The Morgan fingerprint density at radius 2 is 2.38 bits per heavy atom. The van der Waals surface area contributed by atoms with Crippen LogP contribution < -0.4 is 0 Å². The zero-order chi connectivity index (χ0) is 9.10. The molecule has 0 saturated heterocycles. The maximum absolute atomic E-state index is 3.15. The largest absolute Gasteiger partial charge is 0.134 e. The Morgan fingerprint density at radius 3 is 3.23 bits per heavy atom. The van der Waals surface area contributed by atoms with Crippen LogP contribution in [0.15, 0.2) is 29.2 Å². The van der Waals surface area contributed by atoms with Crippen molar-refractivity contribution >= 4 is 33.2 Å². The molecule has 0 nitrogen and oxygen atoms in total. The van der Waals surface area contributed by atoms with E-state index >= 15 is 0 Å². The minimum Gasteiger partial charge on any atom is -0.134 e. The maximum atomic E-state index is 3.15. The first kappa shape index (κ1) is 9.10. The van der Waals surface area contributed by atoms with E-state index in [0.717, 1.165) is 0 Å². The Labute approximate surface area is 87.0 Å². The van der Waals surface area contributed by atoms with Gasteiger partial charge in [0.05, 0.1) is 0 Å². The van der Waals surface area contributed by atoms with Crippen molar-refractivity contribution in [2.45, 2.75) is 18.2 Å². The molecular weight excluding hydrogens is 196 g/mol. The Bertz CT molecular complexity index is 390. The van der Waals surface area contributed by atoms with Crippen LogP contribution in [0.1, 0.15) is 13.3 Å². The quantitative estimate of drug-likeness (QED) is 0.680. The van der Waals surface area contributed by atoms with Crippen LogP contribution in [0, 0.1) is 5.38 Å². The van der Waals surface area contributed by atoms with Crippen molar-refractivity contribution in [3.05, 3.63) is 29.6 Å². The summed E-state index contributed by atoms with van der Waals surface area (Å²) in [5.74, 6) is 1.21. The van der Waals surface area contributed by atoms with Crippen molar-refractivity contribution in [3.63, 3.8) is 0 Å². The third kappa shape index (κ3) is 2.06. The summed E-state index contributed by atoms with van der Waals surface area (Å²) < 4.78 is 1.35. The number of thiophene rings is 1. The summed E-state index contributed by atoms with van der Waals surface area (Å²) in [5, 5.41) is 4.46. The average molecular weight is 207 g/mol. The van der Waals surface area contributed by atoms with Gasteiger partial charge < -0.3 is 0 Å². The average Bonchev–Trinajstić information content (AvgIpc) is 2.61. The number of thioether (sulfide) groups is 1. The van der Waals surface area contributed by atoms with Crippen molar-refractivity contribution in [1.29, 1.82) is 0 Å². The van der Waals surface area contributed by atoms with Gasteiger partial charge in [-0.3, -0.25) is 0 Å². The fraction of sp³-hybridized carbons (Fsp3) is 0.273. The normalized spacial score (nSPS) is 10.8. The highest BCUT2D eigenvalue weighted by atomic mass is 32.2. The molecule has 0 amide bonds. The molecule has 0 saturated carbocycles. The fourth-order valence-corrected chi connectivity index (χ4v) is 2.81. The number of rotatable bonds is 3. The van der Waals surface area contributed by atoms with Crippen LogP contribution in [0.25, 0.3) is 10.1 Å². The molecule has 1 aromatic carbocycles. The summed E-state index contributed by atoms with van der Waals surface area (Å²) in [7, 11) is 0. The molecule has 0 atom stereocenters. The SMILES string of the molecule is CCCSc1ccc2c[c]sc2c1. The van der Waals surface area contributed by atoms with Crippen LogP contribution in [0.4, 0.5) is 0 Å². The van der Waals surface area contributed by atoms with E-state index in [4.69, 9.17) is 0 Å². The summed E-state index contributed by atoms with van der Waals surface area (Å²) in [6, 6.07) is 8.69. The van der Waals surface area contributed by atoms with Crippen LogP contribution in [-0.2, 0) is 0 Å². The van der Waals surface area contributed by atoms with Crippen molar-refractivity contribution in [2.75, 3.05) is 5.75 Å². The smallest absolute Gasteiger partial charge is 0.0455 e. The zero-order valence-corrected chi connectivity index (χ0v) is 9.17. The van der Waals surface area contributed by atoms with E-state index in [0.29, 0.717) is 0 Å². The minimum atomic E-state index is 1.21. The molecule has 67 valence electrons. The number of hydrogen-bond acceptors (Lipinski definition) is 2. The van der Waals surface area contributed by atoms with Crippen LogP contribution >= 0.6 is 23.1 Å². The minimum absolute atomic E-state index is 1.21. The van der Waals surface area contributed by atoms with Crippen molar-refractivity contribution in [1.82, 2.24) is 0 Å². The molecule has 1 radical (unpaired) electrons. The first-order chi connectivity index (χ1) is 6.40. The highest BCUT2D eigenvalue weighted by molar-refractivity contribution is 7.99. The van der Waals surface area contributed by atoms with E-state index < -0.39 is 0 Å². The Hall–Kier alpha value is -0.470. The van der Waals surface area contributed by atoms with E-state index in [9.17, 15) is 0 Å². The second-order valence-electron chi connectivity index (χ2n) is 2.91. The van der Waals surface area contributed by atoms with E-state index in [1.807, 2.05) is 17.8 Å². The standard InChI is InChI=1S/C11H11S2/c1-2-6-12-10-4-3-9-5-7-13-11(9)8-10/h3-5,8H,2,6H2,1H3. The maximum Gasteiger partial charge on any atom is 0.0455 e. The molecule has 0 bridgehead atoms. The summed E-state index contributed by atoms with van der Waals surface area (Å²) >= 11 is 3.63. The molecule has 0 fully saturated rings. The van der Waals surface area contributed by atoms with E-state index in [1.54, 1.807) is 11.3 Å². The highest BCUT2D eigenvalue weighted by Crippen LogP contribution is 2.26. The lowest BCUT2D eigenvalue weighted by molar-refractivity contribution is 1.10. The van der Waals surface area contributed by atoms with Gasteiger partial charge in [-0.1, -0.05) is 13.0 Å². The molecule has 0 N–H and O–H groups in total. The van der Waals surface area contributed by atoms with Gasteiger partial charge in [-0.15, -0.1) is 23.1 Å². The van der Waals surface area contributed by atoms with Crippen molar-refractivity contribution in [3.8, 4) is 0 Å². The Morgan fingerprint density at radius 1 is 1.46 bits per heavy atom. The summed E-state index contributed by atoms with van der Waals surface area (Å²) in [4.78, 5) is 1.38.